The molecule has 0 saturated heterocycles. The van der Waals surface area contributed by atoms with E-state index < -0.39 is 0 Å². The van der Waals surface area contributed by atoms with Gasteiger partial charge in [0, 0.05) is 22.8 Å². The molecule has 0 aliphatic heterocycles. The van der Waals surface area contributed by atoms with Crippen LogP contribution in [0.3, 0.4) is 0 Å². The van der Waals surface area contributed by atoms with Crippen LogP contribution in [0.2, 0.25) is 5.02 Å². The minimum absolute atomic E-state index is 0.0414. The molecule has 0 aliphatic rings. The monoisotopic (exact) mass is 332 g/mol. The topological polar surface area (TPSA) is 41.6 Å². The predicted molar refractivity (Wildman–Crippen MR) is 94.1 cm³/mol. The predicted octanol–water partition coefficient (Wildman–Crippen LogP) is 3.98. The van der Waals surface area contributed by atoms with Crippen LogP contribution in [0.15, 0.2) is 48.5 Å². The summed E-state index contributed by atoms with van der Waals surface area (Å²) >= 11 is 6.22. The molecule has 2 rings (SSSR count). The molecule has 0 radical (unpaired) electrons. The van der Waals surface area contributed by atoms with E-state index in [0.29, 0.717) is 16.5 Å². The number of benzene rings is 2. The van der Waals surface area contributed by atoms with Crippen LogP contribution in [0, 0.1) is 0 Å². The van der Waals surface area contributed by atoms with Gasteiger partial charge in [-0.3, -0.25) is 9.69 Å². The molecule has 0 saturated carbocycles. The second-order valence-electron chi connectivity index (χ2n) is 5.39. The number of likely N-dealkylation sites (N-methyl/N-ethyl adjacent to an activating group) is 1. The number of carbonyl (C=O) groups excluding carboxylic acids is 1. The molecule has 0 fully saturated rings. The van der Waals surface area contributed by atoms with Gasteiger partial charge >= 0.3 is 0 Å². The van der Waals surface area contributed by atoms with Gasteiger partial charge in [-0.2, -0.15) is 0 Å². The third-order valence-corrected chi connectivity index (χ3v) is 4.11. The molecular formula is C18H21ClN2O2. The smallest absolute Gasteiger partial charge is 0.238 e. The number of nitrogens with one attached hydrogen (secondary N) is 1. The van der Waals surface area contributed by atoms with E-state index in [-0.39, 0.29) is 18.5 Å². The zero-order chi connectivity index (χ0) is 16.8. The van der Waals surface area contributed by atoms with Gasteiger partial charge < -0.3 is 10.1 Å². The number of methoxy groups -OCH3 is 1. The second-order valence-corrected chi connectivity index (χ2v) is 5.80. The third-order valence-electron chi connectivity index (χ3n) is 3.76. The number of halogens is 1. The summed E-state index contributed by atoms with van der Waals surface area (Å²) in [5.74, 6) is 0.625. The van der Waals surface area contributed by atoms with E-state index in [1.54, 1.807) is 13.2 Å². The molecule has 1 amide bonds. The third kappa shape index (κ3) is 4.71. The average molecular weight is 333 g/mol. The maximum Gasteiger partial charge on any atom is 0.238 e. The Kier molecular flexibility index (Phi) is 6.02. The lowest BCUT2D eigenvalue weighted by molar-refractivity contribution is -0.117. The number of anilines is 1. The van der Waals surface area contributed by atoms with Crippen molar-refractivity contribution in [3.8, 4) is 5.75 Å². The standard InChI is InChI=1S/C18H21ClN2O2/c1-13(16-9-4-5-10-17(16)19)21(2)12-18(22)20-14-7-6-8-15(11-14)23-3/h4-11,13H,12H2,1-3H3,(H,20,22). The first-order valence-electron chi connectivity index (χ1n) is 7.40. The average Bonchev–Trinajstić information content (AvgIpc) is 2.54. The number of nitrogens with zero attached hydrogens (tertiary/aromatic N) is 1. The van der Waals surface area contributed by atoms with Crippen LogP contribution in [-0.2, 0) is 4.79 Å². The largest absolute Gasteiger partial charge is 0.497 e. The second kappa shape index (κ2) is 7.99. The highest BCUT2D eigenvalue weighted by Gasteiger charge is 2.17. The normalized spacial score (nSPS) is 12.0. The molecule has 2 aromatic rings. The Morgan fingerprint density at radius 3 is 2.70 bits per heavy atom. The van der Waals surface area contributed by atoms with Gasteiger partial charge in [-0.25, -0.2) is 0 Å². The van der Waals surface area contributed by atoms with Crippen molar-refractivity contribution < 1.29 is 9.53 Å². The van der Waals surface area contributed by atoms with Crippen molar-refractivity contribution >= 4 is 23.2 Å². The lowest BCUT2D eigenvalue weighted by atomic mass is 10.1. The Morgan fingerprint density at radius 2 is 2.00 bits per heavy atom. The Morgan fingerprint density at radius 1 is 1.26 bits per heavy atom. The maximum absolute atomic E-state index is 12.2. The van der Waals surface area contributed by atoms with Crippen LogP contribution < -0.4 is 10.1 Å². The molecule has 0 heterocycles. The van der Waals surface area contributed by atoms with Crippen molar-refractivity contribution in [2.75, 3.05) is 26.0 Å². The number of ether oxygens (including phenoxy) is 1. The van der Waals surface area contributed by atoms with Crippen LogP contribution in [0.4, 0.5) is 5.69 Å². The van der Waals surface area contributed by atoms with Crippen LogP contribution in [0.25, 0.3) is 0 Å². The number of carbonyl (C=O) groups is 1. The van der Waals surface area contributed by atoms with E-state index in [4.69, 9.17) is 16.3 Å². The number of hydrogen-bond acceptors (Lipinski definition) is 3. The molecule has 0 aliphatic carbocycles. The highest BCUT2D eigenvalue weighted by Crippen LogP contribution is 2.26. The molecule has 5 heteroatoms. The van der Waals surface area contributed by atoms with Crippen molar-refractivity contribution in [1.82, 2.24) is 4.90 Å². The zero-order valence-electron chi connectivity index (χ0n) is 13.5. The highest BCUT2D eigenvalue weighted by atomic mass is 35.5. The minimum Gasteiger partial charge on any atom is -0.497 e. The lowest BCUT2D eigenvalue weighted by Crippen LogP contribution is -2.32. The molecule has 1 atom stereocenters. The Labute approximate surface area is 142 Å². The summed E-state index contributed by atoms with van der Waals surface area (Å²) < 4.78 is 5.15. The molecule has 122 valence electrons. The van der Waals surface area contributed by atoms with E-state index in [1.807, 2.05) is 61.3 Å². The van der Waals surface area contributed by atoms with Gasteiger partial charge in [-0.15, -0.1) is 0 Å². The molecule has 4 nitrogen and oxygen atoms in total. The van der Waals surface area contributed by atoms with E-state index in [2.05, 4.69) is 5.32 Å². The summed E-state index contributed by atoms with van der Waals surface area (Å²) in [5.41, 5.74) is 1.72. The zero-order valence-corrected chi connectivity index (χ0v) is 14.3. The molecule has 0 spiro atoms. The van der Waals surface area contributed by atoms with Gasteiger partial charge in [0.05, 0.1) is 13.7 Å². The summed E-state index contributed by atoms with van der Waals surface area (Å²) in [7, 11) is 3.50. The van der Waals surface area contributed by atoms with Gasteiger partial charge in [-0.05, 0) is 37.7 Å². The van der Waals surface area contributed by atoms with E-state index in [1.165, 1.54) is 0 Å². The first kappa shape index (κ1) is 17.3. The minimum atomic E-state index is -0.0837. The SMILES string of the molecule is COc1cccc(NC(=O)CN(C)C(C)c2ccccc2Cl)c1. The van der Waals surface area contributed by atoms with Gasteiger partial charge in [0.15, 0.2) is 0 Å². The summed E-state index contributed by atoms with van der Waals surface area (Å²) in [6.07, 6.45) is 0. The van der Waals surface area contributed by atoms with E-state index >= 15 is 0 Å². The highest BCUT2D eigenvalue weighted by molar-refractivity contribution is 6.31. The van der Waals surface area contributed by atoms with Gasteiger partial charge in [0.1, 0.15) is 5.75 Å². The fraction of sp³-hybridized carbons (Fsp3) is 0.278. The van der Waals surface area contributed by atoms with Gasteiger partial charge in [-0.1, -0.05) is 35.9 Å². The van der Waals surface area contributed by atoms with Crippen molar-refractivity contribution in [2.45, 2.75) is 13.0 Å². The summed E-state index contributed by atoms with van der Waals surface area (Å²) in [6, 6.07) is 15.0. The van der Waals surface area contributed by atoms with Crippen LogP contribution in [0.1, 0.15) is 18.5 Å². The summed E-state index contributed by atoms with van der Waals surface area (Å²) in [6.45, 7) is 2.30. The van der Waals surface area contributed by atoms with E-state index in [0.717, 1.165) is 5.56 Å². The molecule has 0 bridgehead atoms. The van der Waals surface area contributed by atoms with Crippen LogP contribution >= 0.6 is 11.6 Å². The number of amides is 1. The Hall–Kier alpha value is -2.04. The molecule has 1 N–H and O–H groups in total. The lowest BCUT2D eigenvalue weighted by Gasteiger charge is -2.25. The molecular weight excluding hydrogens is 312 g/mol. The van der Waals surface area contributed by atoms with E-state index in [9.17, 15) is 4.79 Å². The number of rotatable bonds is 6. The van der Waals surface area contributed by atoms with Crippen molar-refractivity contribution in [3.05, 3.63) is 59.1 Å². The summed E-state index contributed by atoms with van der Waals surface area (Å²) in [5, 5.41) is 3.58. The van der Waals surface area contributed by atoms with Crippen LogP contribution in [0.5, 0.6) is 5.75 Å². The fourth-order valence-electron chi connectivity index (χ4n) is 2.32. The van der Waals surface area contributed by atoms with Gasteiger partial charge in [0.2, 0.25) is 5.91 Å². The quantitative estimate of drug-likeness (QED) is 0.870. The maximum atomic E-state index is 12.2. The van der Waals surface area contributed by atoms with Crippen molar-refractivity contribution in [3.63, 3.8) is 0 Å². The molecule has 2 aromatic carbocycles. The first-order valence-corrected chi connectivity index (χ1v) is 7.77. The Bertz CT molecular complexity index is 676. The van der Waals surface area contributed by atoms with Gasteiger partial charge in [0.25, 0.3) is 0 Å². The molecule has 1 unspecified atom stereocenters. The van der Waals surface area contributed by atoms with Crippen molar-refractivity contribution in [2.24, 2.45) is 0 Å². The Balaban J connectivity index is 1.97. The first-order chi connectivity index (χ1) is 11.0. The molecule has 23 heavy (non-hydrogen) atoms. The van der Waals surface area contributed by atoms with Crippen molar-refractivity contribution in [1.29, 1.82) is 0 Å². The van der Waals surface area contributed by atoms with Crippen LogP contribution in [-0.4, -0.2) is 31.5 Å². The molecule has 0 aromatic heterocycles. The summed E-state index contributed by atoms with van der Waals surface area (Å²) in [4.78, 5) is 14.2. The number of hydrogen-bond donors (Lipinski definition) is 1. The fourth-order valence-corrected chi connectivity index (χ4v) is 2.61.